The average Bonchev–Trinajstić information content (AvgIpc) is 2.28. The molecule has 1 unspecified atom stereocenters. The SMILES string of the molecule is CC(N)CCc1ccc(OC(C)C)c(OC(C)C)c1. The molecule has 0 radical (unpaired) electrons. The van der Waals surface area contributed by atoms with E-state index in [1.54, 1.807) is 0 Å². The van der Waals surface area contributed by atoms with E-state index in [0.29, 0.717) is 0 Å². The van der Waals surface area contributed by atoms with Crippen molar-refractivity contribution in [1.82, 2.24) is 0 Å². The van der Waals surface area contributed by atoms with Crippen molar-refractivity contribution in [2.75, 3.05) is 0 Å². The molecular weight excluding hydrogens is 238 g/mol. The van der Waals surface area contributed by atoms with Crippen molar-refractivity contribution >= 4 is 0 Å². The first kappa shape index (κ1) is 15.8. The zero-order valence-corrected chi connectivity index (χ0v) is 12.8. The maximum absolute atomic E-state index is 5.84. The van der Waals surface area contributed by atoms with Crippen LogP contribution in [0.4, 0.5) is 0 Å². The quantitative estimate of drug-likeness (QED) is 0.820. The lowest BCUT2D eigenvalue weighted by Gasteiger charge is -2.18. The van der Waals surface area contributed by atoms with Crippen molar-refractivity contribution in [3.05, 3.63) is 23.8 Å². The standard InChI is InChI=1S/C16H27NO2/c1-11(2)18-15-9-8-14(7-6-13(5)17)10-16(15)19-12(3)4/h8-13H,6-7,17H2,1-5H3. The molecular formula is C16H27NO2. The fraction of sp³-hybridized carbons (Fsp3) is 0.625. The molecule has 3 heteroatoms. The summed E-state index contributed by atoms with van der Waals surface area (Å²) in [7, 11) is 0. The predicted octanol–water partition coefficient (Wildman–Crippen LogP) is 3.54. The number of benzene rings is 1. The third kappa shape index (κ3) is 5.97. The van der Waals surface area contributed by atoms with Crippen LogP contribution in [0.5, 0.6) is 11.5 Å². The molecule has 0 amide bonds. The van der Waals surface area contributed by atoms with Crippen LogP contribution in [-0.4, -0.2) is 18.2 Å². The third-order valence-electron chi connectivity index (χ3n) is 2.62. The summed E-state index contributed by atoms with van der Waals surface area (Å²) in [6, 6.07) is 6.38. The topological polar surface area (TPSA) is 44.5 Å². The monoisotopic (exact) mass is 265 g/mol. The molecule has 1 aromatic rings. The number of nitrogens with two attached hydrogens (primary N) is 1. The van der Waals surface area contributed by atoms with Gasteiger partial charge in [0.15, 0.2) is 11.5 Å². The minimum atomic E-state index is 0.137. The Labute approximate surface area is 117 Å². The lowest BCUT2D eigenvalue weighted by Crippen LogP contribution is -2.15. The zero-order chi connectivity index (χ0) is 14.4. The normalized spacial score (nSPS) is 12.8. The van der Waals surface area contributed by atoms with Crippen LogP contribution in [0.1, 0.15) is 46.6 Å². The van der Waals surface area contributed by atoms with E-state index in [1.807, 2.05) is 40.7 Å². The van der Waals surface area contributed by atoms with Crippen molar-refractivity contribution in [3.63, 3.8) is 0 Å². The van der Waals surface area contributed by atoms with Crippen molar-refractivity contribution < 1.29 is 9.47 Å². The Hall–Kier alpha value is -1.22. The van der Waals surface area contributed by atoms with Crippen LogP contribution in [0.15, 0.2) is 18.2 Å². The summed E-state index contributed by atoms with van der Waals surface area (Å²) in [6.45, 7) is 10.1. The Bertz CT molecular complexity index is 386. The first-order valence-corrected chi connectivity index (χ1v) is 7.10. The molecule has 0 saturated carbocycles. The summed E-state index contributed by atoms with van der Waals surface area (Å²) in [5.41, 5.74) is 7.04. The van der Waals surface area contributed by atoms with Gasteiger partial charge < -0.3 is 15.2 Å². The van der Waals surface area contributed by atoms with Crippen molar-refractivity contribution in [2.24, 2.45) is 5.73 Å². The Morgan fingerprint density at radius 1 is 0.947 bits per heavy atom. The summed E-state index contributed by atoms with van der Waals surface area (Å²) in [5, 5.41) is 0. The molecule has 0 spiro atoms. The molecule has 1 aromatic carbocycles. The Morgan fingerprint density at radius 3 is 2.05 bits per heavy atom. The van der Waals surface area contributed by atoms with Gasteiger partial charge in [-0.05, 0) is 65.2 Å². The largest absolute Gasteiger partial charge is 0.487 e. The molecule has 3 nitrogen and oxygen atoms in total. The van der Waals surface area contributed by atoms with E-state index in [9.17, 15) is 0 Å². The van der Waals surface area contributed by atoms with Gasteiger partial charge in [0.2, 0.25) is 0 Å². The minimum absolute atomic E-state index is 0.137. The van der Waals surface area contributed by atoms with Crippen LogP contribution in [0.2, 0.25) is 0 Å². The van der Waals surface area contributed by atoms with Crippen LogP contribution < -0.4 is 15.2 Å². The highest BCUT2D eigenvalue weighted by atomic mass is 16.5. The van der Waals surface area contributed by atoms with E-state index in [-0.39, 0.29) is 18.2 Å². The zero-order valence-electron chi connectivity index (χ0n) is 12.8. The molecule has 0 bridgehead atoms. The highest BCUT2D eigenvalue weighted by molar-refractivity contribution is 5.43. The van der Waals surface area contributed by atoms with E-state index < -0.39 is 0 Å². The second-order valence-corrected chi connectivity index (χ2v) is 5.63. The van der Waals surface area contributed by atoms with Gasteiger partial charge in [0.1, 0.15) is 0 Å². The molecule has 0 heterocycles. The van der Waals surface area contributed by atoms with Gasteiger partial charge in [-0.2, -0.15) is 0 Å². The van der Waals surface area contributed by atoms with Crippen LogP contribution in [0.3, 0.4) is 0 Å². The third-order valence-corrected chi connectivity index (χ3v) is 2.62. The van der Waals surface area contributed by atoms with Gasteiger partial charge in [-0.15, -0.1) is 0 Å². The molecule has 0 aliphatic heterocycles. The Kier molecular flexibility index (Phi) is 6.16. The molecule has 1 atom stereocenters. The van der Waals surface area contributed by atoms with Gasteiger partial charge in [-0.1, -0.05) is 6.07 Å². The molecule has 0 fully saturated rings. The van der Waals surface area contributed by atoms with Crippen LogP contribution in [0.25, 0.3) is 0 Å². The van der Waals surface area contributed by atoms with E-state index in [4.69, 9.17) is 15.2 Å². The molecule has 19 heavy (non-hydrogen) atoms. The smallest absolute Gasteiger partial charge is 0.161 e. The maximum Gasteiger partial charge on any atom is 0.161 e. The van der Waals surface area contributed by atoms with Crippen LogP contribution in [-0.2, 0) is 6.42 Å². The molecule has 0 aromatic heterocycles. The van der Waals surface area contributed by atoms with Crippen molar-refractivity contribution in [2.45, 2.75) is 65.7 Å². The Morgan fingerprint density at radius 2 is 1.53 bits per heavy atom. The van der Waals surface area contributed by atoms with E-state index in [2.05, 4.69) is 12.1 Å². The summed E-state index contributed by atoms with van der Waals surface area (Å²) in [4.78, 5) is 0. The minimum Gasteiger partial charge on any atom is -0.487 e. The lowest BCUT2D eigenvalue weighted by molar-refractivity contribution is 0.198. The predicted molar refractivity (Wildman–Crippen MR) is 79.9 cm³/mol. The first-order valence-electron chi connectivity index (χ1n) is 7.10. The van der Waals surface area contributed by atoms with E-state index >= 15 is 0 Å². The van der Waals surface area contributed by atoms with Gasteiger partial charge in [0.25, 0.3) is 0 Å². The number of rotatable bonds is 7. The van der Waals surface area contributed by atoms with Gasteiger partial charge in [-0.3, -0.25) is 0 Å². The van der Waals surface area contributed by atoms with Crippen molar-refractivity contribution in [1.29, 1.82) is 0 Å². The second-order valence-electron chi connectivity index (χ2n) is 5.63. The number of hydrogen-bond acceptors (Lipinski definition) is 3. The first-order chi connectivity index (χ1) is 8.88. The molecule has 0 aliphatic rings. The van der Waals surface area contributed by atoms with E-state index in [1.165, 1.54) is 5.56 Å². The number of aryl methyl sites for hydroxylation is 1. The molecule has 0 aliphatic carbocycles. The van der Waals surface area contributed by atoms with Crippen molar-refractivity contribution in [3.8, 4) is 11.5 Å². The summed E-state index contributed by atoms with van der Waals surface area (Å²) < 4.78 is 11.6. The molecule has 2 N–H and O–H groups in total. The van der Waals surface area contributed by atoms with Gasteiger partial charge in [0.05, 0.1) is 12.2 Å². The Balaban J connectivity index is 2.87. The van der Waals surface area contributed by atoms with E-state index in [0.717, 1.165) is 24.3 Å². The number of hydrogen-bond donors (Lipinski definition) is 1. The van der Waals surface area contributed by atoms with Crippen LogP contribution in [0, 0.1) is 0 Å². The highest BCUT2D eigenvalue weighted by Gasteiger charge is 2.10. The summed E-state index contributed by atoms with van der Waals surface area (Å²) >= 11 is 0. The molecule has 108 valence electrons. The molecule has 0 saturated heterocycles. The fourth-order valence-electron chi connectivity index (χ4n) is 1.80. The average molecular weight is 265 g/mol. The number of ether oxygens (including phenoxy) is 2. The maximum atomic E-state index is 5.84. The van der Waals surface area contributed by atoms with Gasteiger partial charge in [-0.25, -0.2) is 0 Å². The van der Waals surface area contributed by atoms with Gasteiger partial charge >= 0.3 is 0 Å². The lowest BCUT2D eigenvalue weighted by atomic mass is 10.1. The van der Waals surface area contributed by atoms with Crippen LogP contribution >= 0.6 is 0 Å². The second kappa shape index (κ2) is 7.39. The summed E-state index contributed by atoms with van der Waals surface area (Å²) in [6.07, 6.45) is 2.22. The van der Waals surface area contributed by atoms with Gasteiger partial charge in [0, 0.05) is 6.04 Å². The molecule has 1 rings (SSSR count). The summed E-state index contributed by atoms with van der Waals surface area (Å²) in [5.74, 6) is 1.64. The highest BCUT2D eigenvalue weighted by Crippen LogP contribution is 2.30. The fourth-order valence-corrected chi connectivity index (χ4v) is 1.80.